The van der Waals surface area contributed by atoms with Crippen molar-refractivity contribution in [1.29, 1.82) is 0 Å². The molecule has 0 atom stereocenters. The van der Waals surface area contributed by atoms with Gasteiger partial charge in [0.05, 0.1) is 0 Å². The lowest BCUT2D eigenvalue weighted by molar-refractivity contribution is -0.120. The molecule has 5 nitrogen and oxygen atoms in total. The molecule has 0 aromatic heterocycles. The van der Waals surface area contributed by atoms with Gasteiger partial charge in [-0.3, -0.25) is 9.59 Å². The van der Waals surface area contributed by atoms with Gasteiger partial charge in [-0.05, 0) is 55.5 Å². The van der Waals surface area contributed by atoms with Crippen LogP contribution in [0.4, 0.5) is 0 Å². The van der Waals surface area contributed by atoms with Gasteiger partial charge in [0.1, 0.15) is 11.5 Å². The second kappa shape index (κ2) is 7.42. The zero-order chi connectivity index (χ0) is 15.9. The molecular formula is C16H13NO4S. The number of ether oxygens (including phenoxy) is 1. The third-order valence-corrected chi connectivity index (χ3v) is 3.85. The number of carbonyl (C=O) groups is 2. The molecule has 0 amide bonds. The number of oxime groups is 1. The Balaban J connectivity index is 2.08. The van der Waals surface area contributed by atoms with Crippen molar-refractivity contribution in [2.75, 3.05) is 0 Å². The Morgan fingerprint density at radius 3 is 2.14 bits per heavy atom. The number of carbonyl (C=O) groups excluding carboxylic acids is 2. The van der Waals surface area contributed by atoms with E-state index < -0.39 is 0 Å². The molecule has 0 bridgehead atoms. The average molecular weight is 315 g/mol. The van der Waals surface area contributed by atoms with E-state index in [0.29, 0.717) is 17.8 Å². The predicted octanol–water partition coefficient (Wildman–Crippen LogP) is 3.41. The predicted molar refractivity (Wildman–Crippen MR) is 82.9 cm³/mol. The van der Waals surface area contributed by atoms with E-state index in [4.69, 9.17) is 9.94 Å². The summed E-state index contributed by atoms with van der Waals surface area (Å²) in [6.45, 7) is 1.84. The summed E-state index contributed by atoms with van der Waals surface area (Å²) in [6, 6.07) is 14.1. The summed E-state index contributed by atoms with van der Waals surface area (Å²) in [4.78, 5) is 24.0. The Morgan fingerprint density at radius 2 is 1.64 bits per heavy atom. The van der Waals surface area contributed by atoms with Crippen molar-refractivity contribution in [1.82, 2.24) is 0 Å². The van der Waals surface area contributed by atoms with Gasteiger partial charge >= 0.3 is 0 Å². The summed E-state index contributed by atoms with van der Waals surface area (Å²) < 4.78 is 4.73. The van der Waals surface area contributed by atoms with Crippen LogP contribution in [0.5, 0.6) is 5.75 Å². The summed E-state index contributed by atoms with van der Waals surface area (Å²) in [6.07, 6.45) is 0. The molecule has 0 saturated carbocycles. The lowest BCUT2D eigenvalue weighted by atomic mass is 10.1. The molecule has 0 unspecified atom stereocenters. The van der Waals surface area contributed by atoms with Crippen LogP contribution in [0.3, 0.4) is 0 Å². The van der Waals surface area contributed by atoms with Crippen molar-refractivity contribution in [3.8, 4) is 5.75 Å². The van der Waals surface area contributed by atoms with Crippen LogP contribution >= 0.6 is 11.8 Å². The highest BCUT2D eigenvalue weighted by Gasteiger charge is 2.10. The van der Waals surface area contributed by atoms with Gasteiger partial charge in [0.2, 0.25) is 5.78 Å². The van der Waals surface area contributed by atoms with Crippen LogP contribution in [-0.2, 0) is 4.79 Å². The number of hydrogen-bond acceptors (Lipinski definition) is 6. The molecule has 0 aliphatic rings. The number of rotatable bonds is 6. The van der Waals surface area contributed by atoms with E-state index in [9.17, 15) is 9.59 Å². The van der Waals surface area contributed by atoms with Gasteiger partial charge < -0.3 is 9.94 Å². The maximum atomic E-state index is 11.8. The quantitative estimate of drug-likeness (QED) is 0.291. The van der Waals surface area contributed by atoms with E-state index in [-0.39, 0.29) is 11.5 Å². The van der Waals surface area contributed by atoms with Crippen LogP contribution in [-0.4, -0.2) is 23.2 Å². The fourth-order valence-corrected chi connectivity index (χ4v) is 2.52. The number of ketones is 1. The Labute approximate surface area is 131 Å². The van der Waals surface area contributed by atoms with Crippen molar-refractivity contribution in [2.45, 2.75) is 16.7 Å². The summed E-state index contributed by atoms with van der Waals surface area (Å²) in [5.41, 5.74) is 0.514. The molecule has 2 aromatic rings. The lowest BCUT2D eigenvalue weighted by Gasteiger charge is -2.04. The molecule has 2 rings (SSSR count). The second-order valence-electron chi connectivity index (χ2n) is 4.33. The van der Waals surface area contributed by atoms with Crippen LogP contribution in [0.15, 0.2) is 63.5 Å². The molecule has 2 aromatic carbocycles. The first-order chi connectivity index (χ1) is 10.6. The number of benzene rings is 2. The first-order valence-electron chi connectivity index (χ1n) is 6.35. The monoisotopic (exact) mass is 315 g/mol. The van der Waals surface area contributed by atoms with E-state index in [1.807, 2.05) is 24.3 Å². The molecule has 0 radical (unpaired) electrons. The number of hydrogen-bond donors (Lipinski definition) is 1. The first-order valence-corrected chi connectivity index (χ1v) is 7.17. The van der Waals surface area contributed by atoms with Crippen molar-refractivity contribution in [3.63, 3.8) is 0 Å². The largest absolute Gasteiger partial charge is 0.429 e. The van der Waals surface area contributed by atoms with Crippen LogP contribution in [0.25, 0.3) is 0 Å². The Hall–Kier alpha value is -2.60. The van der Waals surface area contributed by atoms with Gasteiger partial charge in [-0.1, -0.05) is 16.9 Å². The molecule has 0 aliphatic heterocycles. The first kappa shape index (κ1) is 15.8. The SMILES string of the molecule is C/C(=N\O)C(=O)c1ccc(Sc2ccc(OC=O)cc2)cc1. The molecule has 6 heteroatoms. The summed E-state index contributed by atoms with van der Waals surface area (Å²) in [5, 5.41) is 11.5. The zero-order valence-electron chi connectivity index (χ0n) is 11.7. The van der Waals surface area contributed by atoms with Crippen molar-refractivity contribution >= 4 is 29.7 Å². The lowest BCUT2D eigenvalue weighted by Crippen LogP contribution is -2.10. The summed E-state index contributed by atoms with van der Waals surface area (Å²) >= 11 is 1.51. The highest BCUT2D eigenvalue weighted by molar-refractivity contribution is 7.99. The fourth-order valence-electron chi connectivity index (χ4n) is 1.71. The molecule has 1 N–H and O–H groups in total. The molecule has 0 aliphatic carbocycles. The Bertz CT molecular complexity index is 693. The van der Waals surface area contributed by atoms with Crippen LogP contribution < -0.4 is 4.74 Å². The standard InChI is InChI=1S/C16H13NO4S/c1-11(17-20)16(19)12-2-6-14(7-3-12)22-15-8-4-13(5-9-15)21-10-18/h2-10,20H,1H3/b17-11+. The van der Waals surface area contributed by atoms with Gasteiger partial charge in [-0.2, -0.15) is 0 Å². The highest BCUT2D eigenvalue weighted by Crippen LogP contribution is 2.29. The maximum Gasteiger partial charge on any atom is 0.298 e. The number of Topliss-reactive ketones (excluding diaryl/α,β-unsaturated/α-hetero) is 1. The average Bonchev–Trinajstić information content (AvgIpc) is 2.56. The highest BCUT2D eigenvalue weighted by atomic mass is 32.2. The third-order valence-electron chi connectivity index (χ3n) is 2.84. The van der Waals surface area contributed by atoms with Gasteiger partial charge in [-0.25, -0.2) is 0 Å². The molecule has 0 fully saturated rings. The normalized spacial score (nSPS) is 11.0. The Morgan fingerprint density at radius 1 is 1.09 bits per heavy atom. The van der Waals surface area contributed by atoms with Gasteiger partial charge in [-0.15, -0.1) is 0 Å². The van der Waals surface area contributed by atoms with E-state index >= 15 is 0 Å². The zero-order valence-corrected chi connectivity index (χ0v) is 12.5. The van der Waals surface area contributed by atoms with Gasteiger partial charge in [0.15, 0.2) is 0 Å². The van der Waals surface area contributed by atoms with Crippen molar-refractivity contribution < 1.29 is 19.5 Å². The van der Waals surface area contributed by atoms with E-state index in [0.717, 1.165) is 9.79 Å². The topological polar surface area (TPSA) is 76.0 Å². The molecular weight excluding hydrogens is 302 g/mol. The van der Waals surface area contributed by atoms with Crippen molar-refractivity contribution in [3.05, 3.63) is 54.1 Å². The smallest absolute Gasteiger partial charge is 0.298 e. The minimum absolute atomic E-state index is 0.0474. The number of nitrogens with zero attached hydrogens (tertiary/aromatic N) is 1. The van der Waals surface area contributed by atoms with Crippen LogP contribution in [0, 0.1) is 0 Å². The minimum atomic E-state index is -0.311. The van der Waals surface area contributed by atoms with E-state index in [2.05, 4.69) is 5.16 Å². The fraction of sp³-hybridized carbons (Fsp3) is 0.0625. The molecule has 0 spiro atoms. The molecule has 0 saturated heterocycles. The van der Waals surface area contributed by atoms with Gasteiger partial charge in [0, 0.05) is 15.4 Å². The van der Waals surface area contributed by atoms with Crippen LogP contribution in [0.1, 0.15) is 17.3 Å². The van der Waals surface area contributed by atoms with Crippen molar-refractivity contribution in [2.24, 2.45) is 5.16 Å². The summed E-state index contributed by atoms with van der Waals surface area (Å²) in [5.74, 6) is 0.175. The molecule has 22 heavy (non-hydrogen) atoms. The van der Waals surface area contributed by atoms with Crippen LogP contribution in [0.2, 0.25) is 0 Å². The molecule has 112 valence electrons. The Kier molecular flexibility index (Phi) is 5.32. The van der Waals surface area contributed by atoms with Gasteiger partial charge in [0.25, 0.3) is 6.47 Å². The summed E-state index contributed by atoms with van der Waals surface area (Å²) in [7, 11) is 0. The maximum absolute atomic E-state index is 11.8. The van der Waals surface area contributed by atoms with E-state index in [1.165, 1.54) is 18.7 Å². The van der Waals surface area contributed by atoms with E-state index in [1.54, 1.807) is 24.3 Å². The second-order valence-corrected chi connectivity index (χ2v) is 5.47. The third kappa shape index (κ3) is 3.95. The molecule has 0 heterocycles. The minimum Gasteiger partial charge on any atom is -0.429 e.